The van der Waals surface area contributed by atoms with Crippen LogP contribution in [0.5, 0.6) is 5.75 Å². The molecule has 202 valence electrons. The molecule has 0 aromatic heterocycles. The van der Waals surface area contributed by atoms with Gasteiger partial charge in [0.05, 0.1) is 0 Å². The van der Waals surface area contributed by atoms with Crippen LogP contribution in [0.4, 0.5) is 4.79 Å². The number of hydrogen-bond acceptors (Lipinski definition) is 5. The number of amides is 3. The van der Waals surface area contributed by atoms with Gasteiger partial charge in [0.2, 0.25) is 11.8 Å². The number of phenolic OH excluding ortho intramolecular Hbond substituents is 1. The zero-order chi connectivity index (χ0) is 27.0. The van der Waals surface area contributed by atoms with Gasteiger partial charge in [0.15, 0.2) is 0 Å². The first-order valence-corrected chi connectivity index (χ1v) is 13.2. The summed E-state index contributed by atoms with van der Waals surface area (Å²) < 4.78 is 5.43. The van der Waals surface area contributed by atoms with E-state index in [1.165, 1.54) is 37.0 Å². The molecule has 36 heavy (non-hydrogen) atoms. The van der Waals surface area contributed by atoms with Gasteiger partial charge >= 0.3 is 6.09 Å². The molecule has 0 saturated heterocycles. The van der Waals surface area contributed by atoms with Crippen molar-refractivity contribution >= 4 is 17.9 Å². The van der Waals surface area contributed by atoms with Gasteiger partial charge in [-0.05, 0) is 89.1 Å². The highest BCUT2D eigenvalue weighted by Gasteiger charge is 2.33. The Hall–Kier alpha value is -2.77. The van der Waals surface area contributed by atoms with Crippen LogP contribution in [0.2, 0.25) is 0 Å². The molecule has 1 saturated carbocycles. The van der Waals surface area contributed by atoms with Crippen molar-refractivity contribution in [2.24, 2.45) is 11.7 Å². The zero-order valence-electron chi connectivity index (χ0n) is 22.9. The molecular formula is C28H45N3O5. The third-order valence-corrected chi connectivity index (χ3v) is 6.98. The summed E-state index contributed by atoms with van der Waals surface area (Å²) in [5.74, 6) is -0.169. The highest BCUT2D eigenvalue weighted by atomic mass is 16.6. The average molecular weight is 504 g/mol. The average Bonchev–Trinajstić information content (AvgIpc) is 2.76. The maximum atomic E-state index is 13.9. The van der Waals surface area contributed by atoms with Gasteiger partial charge in [-0.25, -0.2) is 4.79 Å². The van der Waals surface area contributed by atoms with E-state index >= 15 is 0 Å². The second-order valence-electron chi connectivity index (χ2n) is 11.2. The minimum Gasteiger partial charge on any atom is -0.508 e. The van der Waals surface area contributed by atoms with Gasteiger partial charge in [-0.2, -0.15) is 0 Å². The fourth-order valence-corrected chi connectivity index (χ4v) is 5.02. The lowest BCUT2D eigenvalue weighted by Gasteiger charge is -2.33. The molecule has 1 aromatic rings. The van der Waals surface area contributed by atoms with Gasteiger partial charge in [0.1, 0.15) is 23.4 Å². The topological polar surface area (TPSA) is 122 Å². The number of nitrogens with zero attached hydrogens (tertiary/aromatic N) is 1. The Morgan fingerprint density at radius 3 is 2.25 bits per heavy atom. The maximum Gasteiger partial charge on any atom is 0.408 e. The van der Waals surface area contributed by atoms with Gasteiger partial charge < -0.3 is 25.8 Å². The summed E-state index contributed by atoms with van der Waals surface area (Å²) in [4.78, 5) is 40.2. The van der Waals surface area contributed by atoms with E-state index in [-0.39, 0.29) is 18.1 Å². The Bertz CT molecular complexity index is 895. The van der Waals surface area contributed by atoms with Crippen molar-refractivity contribution in [1.82, 2.24) is 10.2 Å². The smallest absolute Gasteiger partial charge is 0.408 e. The van der Waals surface area contributed by atoms with Crippen LogP contribution in [0.25, 0.3) is 0 Å². The zero-order valence-corrected chi connectivity index (χ0v) is 22.9. The molecule has 0 bridgehead atoms. The molecule has 0 unspecified atom stereocenters. The van der Waals surface area contributed by atoms with Gasteiger partial charge in [0.25, 0.3) is 0 Å². The van der Waals surface area contributed by atoms with E-state index in [2.05, 4.69) is 5.32 Å². The number of primary amides is 1. The molecule has 8 heteroatoms. The quantitative estimate of drug-likeness (QED) is 0.434. The lowest BCUT2D eigenvalue weighted by atomic mass is 9.86. The summed E-state index contributed by atoms with van der Waals surface area (Å²) in [6, 6.07) is 1.49. The third kappa shape index (κ3) is 9.03. The summed E-state index contributed by atoms with van der Waals surface area (Å²) in [5.41, 5.74) is 7.35. The Morgan fingerprint density at radius 1 is 1.14 bits per heavy atom. The summed E-state index contributed by atoms with van der Waals surface area (Å²) in [5, 5.41) is 12.7. The summed E-state index contributed by atoms with van der Waals surface area (Å²) in [7, 11) is 0. The van der Waals surface area contributed by atoms with Gasteiger partial charge in [-0.15, -0.1) is 0 Å². The van der Waals surface area contributed by atoms with Crippen LogP contribution >= 0.6 is 0 Å². The molecule has 1 aromatic carbocycles. The van der Waals surface area contributed by atoms with E-state index in [0.29, 0.717) is 12.5 Å². The van der Waals surface area contributed by atoms with E-state index < -0.39 is 29.7 Å². The molecule has 1 aliphatic rings. The van der Waals surface area contributed by atoms with Crippen LogP contribution in [0, 0.1) is 19.8 Å². The first-order valence-electron chi connectivity index (χ1n) is 13.2. The largest absolute Gasteiger partial charge is 0.508 e. The summed E-state index contributed by atoms with van der Waals surface area (Å²) in [6.45, 7) is 11.0. The minimum atomic E-state index is -0.960. The second-order valence-corrected chi connectivity index (χ2v) is 11.2. The highest BCUT2D eigenvalue weighted by molar-refractivity contribution is 5.91. The van der Waals surface area contributed by atoms with Crippen molar-refractivity contribution in [3.05, 3.63) is 28.8 Å². The van der Waals surface area contributed by atoms with Crippen molar-refractivity contribution in [1.29, 1.82) is 0 Å². The predicted molar refractivity (Wildman–Crippen MR) is 141 cm³/mol. The molecule has 0 heterocycles. The number of nitrogens with one attached hydrogen (secondary N) is 1. The molecular weight excluding hydrogens is 458 g/mol. The molecule has 0 radical (unpaired) electrons. The van der Waals surface area contributed by atoms with E-state index in [1.807, 2.05) is 13.8 Å². The predicted octanol–water partition coefficient (Wildman–Crippen LogP) is 4.51. The first kappa shape index (κ1) is 29.5. The molecule has 8 nitrogen and oxygen atoms in total. The number of alkyl carbamates (subject to hydrolysis) is 1. The van der Waals surface area contributed by atoms with Crippen molar-refractivity contribution in [3.8, 4) is 5.75 Å². The normalized spacial score (nSPS) is 16.2. The van der Waals surface area contributed by atoms with Crippen LogP contribution in [0.15, 0.2) is 12.1 Å². The third-order valence-electron chi connectivity index (χ3n) is 6.98. The number of phenols is 1. The van der Waals surface area contributed by atoms with Crippen LogP contribution < -0.4 is 11.1 Å². The van der Waals surface area contributed by atoms with Crippen LogP contribution in [-0.4, -0.2) is 52.1 Å². The summed E-state index contributed by atoms with van der Waals surface area (Å²) >= 11 is 0. The number of rotatable bonds is 10. The number of carbonyl (C=O) groups excluding carboxylic acids is 3. The maximum absolute atomic E-state index is 13.9. The van der Waals surface area contributed by atoms with Gasteiger partial charge in [-0.3, -0.25) is 9.59 Å². The second kappa shape index (κ2) is 13.0. The molecule has 0 aliphatic heterocycles. The number of nitrogens with two attached hydrogens (primary N) is 1. The Morgan fingerprint density at radius 2 is 1.72 bits per heavy atom. The molecule has 2 rings (SSSR count). The number of aryl methyl sites for hydroxylation is 2. The molecule has 0 spiro atoms. The fraction of sp³-hybridized carbons (Fsp3) is 0.679. The fourth-order valence-electron chi connectivity index (χ4n) is 5.02. The van der Waals surface area contributed by atoms with E-state index in [0.717, 1.165) is 29.5 Å². The van der Waals surface area contributed by atoms with Crippen molar-refractivity contribution < 1.29 is 24.2 Å². The lowest BCUT2D eigenvalue weighted by molar-refractivity contribution is -0.140. The number of carbonyl (C=O) groups is 3. The van der Waals surface area contributed by atoms with E-state index in [1.54, 1.807) is 39.8 Å². The first-order chi connectivity index (χ1) is 16.8. The molecule has 3 amide bonds. The van der Waals surface area contributed by atoms with Crippen LogP contribution in [-0.2, 0) is 20.7 Å². The van der Waals surface area contributed by atoms with Gasteiger partial charge in [0, 0.05) is 13.0 Å². The number of benzene rings is 1. The van der Waals surface area contributed by atoms with Crippen molar-refractivity contribution in [2.75, 3.05) is 6.54 Å². The molecule has 2 atom stereocenters. The minimum absolute atomic E-state index is 0.142. The van der Waals surface area contributed by atoms with Gasteiger partial charge in [-0.1, -0.05) is 32.1 Å². The van der Waals surface area contributed by atoms with E-state index in [9.17, 15) is 19.5 Å². The van der Waals surface area contributed by atoms with Crippen LogP contribution in [0.1, 0.15) is 89.3 Å². The number of ether oxygens (including phenoxy) is 1. The molecule has 1 aliphatic carbocycles. The Labute approximate surface area is 215 Å². The number of aromatic hydroxyl groups is 1. The van der Waals surface area contributed by atoms with E-state index in [4.69, 9.17) is 10.5 Å². The summed E-state index contributed by atoms with van der Waals surface area (Å²) in [6.07, 6.45) is 7.46. The Kier molecular flexibility index (Phi) is 10.6. The molecule has 1 fully saturated rings. The monoisotopic (exact) mass is 503 g/mol. The molecule has 4 N–H and O–H groups in total. The standard InChI is InChI=1S/C28H45N3O5/c1-18-15-22(32)16-19(2)23(18)17-24(30-27(35)36-28(4,5)6)26(34)31(20(3)25(29)33)14-10-13-21-11-8-7-9-12-21/h15-16,20-21,24,32H,7-14,17H2,1-6H3,(H2,29,33)(H,30,35)/t20-,24+/m1/s1. The Balaban J connectivity index is 2.29. The van der Waals surface area contributed by atoms with Crippen molar-refractivity contribution in [2.45, 2.75) is 111 Å². The van der Waals surface area contributed by atoms with Crippen molar-refractivity contribution in [3.63, 3.8) is 0 Å². The SMILES string of the molecule is Cc1cc(O)cc(C)c1C[C@H](NC(=O)OC(C)(C)C)C(=O)N(CCCC1CCCCC1)[C@H](C)C(N)=O. The van der Waals surface area contributed by atoms with Crippen LogP contribution in [0.3, 0.4) is 0 Å². The highest BCUT2D eigenvalue weighted by Crippen LogP contribution is 2.28. The lowest BCUT2D eigenvalue weighted by Crippen LogP contribution is -2.55. The number of hydrogen-bond donors (Lipinski definition) is 3.